The van der Waals surface area contributed by atoms with Gasteiger partial charge in [-0.2, -0.15) is 4.40 Å². The topological polar surface area (TPSA) is 80.6 Å². The molecule has 0 aromatic carbocycles. The number of carbonyl (C=O) groups is 1. The zero-order chi connectivity index (χ0) is 12.4. The zero-order valence-corrected chi connectivity index (χ0v) is 11.7. The molecule has 0 radical (unpaired) electrons. The molecule has 0 spiro atoms. The predicted octanol–water partition coefficient (Wildman–Crippen LogP) is 1.04. The third-order valence-corrected chi connectivity index (χ3v) is 4.03. The molecule has 0 saturated heterocycles. The first-order valence-electron chi connectivity index (χ1n) is 4.29. The van der Waals surface area contributed by atoms with Crippen molar-refractivity contribution in [3.8, 4) is 0 Å². The summed E-state index contributed by atoms with van der Waals surface area (Å²) >= 11 is 2.93. The van der Waals surface area contributed by atoms with Crippen LogP contribution in [-0.2, 0) is 20.7 Å². The highest BCUT2D eigenvalue weighted by Gasteiger charge is 2.20. The molecule has 1 aromatic heterocycles. The molecule has 0 amide bonds. The van der Waals surface area contributed by atoms with Gasteiger partial charge in [0.05, 0.1) is 22.8 Å². The third kappa shape index (κ3) is 2.79. The summed E-state index contributed by atoms with van der Waals surface area (Å²) in [5.41, 5.74) is 0.486. The highest BCUT2D eigenvalue weighted by atomic mass is 79.9. The summed E-state index contributed by atoms with van der Waals surface area (Å²) in [6.45, 7) is 0. The lowest BCUT2D eigenvalue weighted by atomic mass is 10.3. The summed E-state index contributed by atoms with van der Waals surface area (Å²) < 4.78 is 23.0. The molecule has 17 heavy (non-hydrogen) atoms. The number of rotatable bonds is 2. The van der Waals surface area contributed by atoms with Gasteiger partial charge in [0.25, 0.3) is 0 Å². The van der Waals surface area contributed by atoms with Crippen LogP contribution in [0.3, 0.4) is 0 Å². The first-order chi connectivity index (χ1) is 8.10. The number of hydrogen-bond donors (Lipinski definition) is 1. The van der Waals surface area contributed by atoms with Gasteiger partial charge in [-0.25, -0.2) is 14.0 Å². The van der Waals surface area contributed by atoms with Gasteiger partial charge < -0.3 is 4.74 Å². The summed E-state index contributed by atoms with van der Waals surface area (Å²) in [5.74, 6) is -0.632. The Kier molecular flexibility index (Phi) is 3.69. The first-order valence-corrected chi connectivity index (χ1v) is 7.00. The van der Waals surface area contributed by atoms with Crippen molar-refractivity contribution in [3.63, 3.8) is 0 Å². The number of methoxy groups -OCH3 is 1. The summed E-state index contributed by atoms with van der Waals surface area (Å²) in [5, 5.41) is 0.613. The van der Waals surface area contributed by atoms with E-state index < -0.39 is 17.1 Å². The van der Waals surface area contributed by atoms with Crippen LogP contribution in [0.4, 0.5) is 0 Å². The highest BCUT2D eigenvalue weighted by molar-refractivity contribution is 9.11. The van der Waals surface area contributed by atoms with Crippen molar-refractivity contribution < 1.29 is 13.7 Å². The van der Waals surface area contributed by atoms with Crippen LogP contribution in [0.5, 0.6) is 0 Å². The fraction of sp³-hybridized carbons (Fsp3) is 0.125. The number of nitrogens with zero attached hydrogens (tertiary/aromatic N) is 2. The number of esters is 1. The summed E-state index contributed by atoms with van der Waals surface area (Å²) in [4.78, 5) is 15.4. The molecule has 6 nitrogen and oxygen atoms in total. The van der Waals surface area contributed by atoms with E-state index in [0.29, 0.717) is 10.7 Å². The fourth-order valence-corrected chi connectivity index (χ4v) is 3.02. The van der Waals surface area contributed by atoms with Crippen molar-refractivity contribution in [2.75, 3.05) is 7.11 Å². The zero-order valence-electron chi connectivity index (χ0n) is 8.47. The molecule has 0 aliphatic carbocycles. The van der Waals surface area contributed by atoms with Crippen LogP contribution in [0.15, 0.2) is 20.5 Å². The second-order valence-corrected chi connectivity index (χ2v) is 6.14. The largest absolute Gasteiger partial charge is 0.464 e. The molecule has 0 saturated carbocycles. The Morgan fingerprint density at radius 2 is 2.41 bits per heavy atom. The average Bonchev–Trinajstić information content (AvgIpc) is 2.74. The SMILES string of the molecule is COC(=O)C1=NS(=O)NC(c2ncc(Br)s2)=C1. The Bertz CT molecular complexity index is 552. The molecule has 1 aliphatic rings. The lowest BCUT2D eigenvalue weighted by Crippen LogP contribution is -2.25. The van der Waals surface area contributed by atoms with E-state index >= 15 is 0 Å². The van der Waals surface area contributed by atoms with Crippen molar-refractivity contribution in [2.24, 2.45) is 4.40 Å². The van der Waals surface area contributed by atoms with E-state index in [0.717, 1.165) is 3.79 Å². The highest BCUT2D eigenvalue weighted by Crippen LogP contribution is 2.25. The standard InChI is InChI=1S/C8H6BrN3O3S2/c1-15-8(13)5-2-4(11-17(14)12-5)7-10-3-6(9)16-7/h2-3,11H,1H3. The first kappa shape index (κ1) is 12.4. The van der Waals surface area contributed by atoms with Crippen LogP contribution >= 0.6 is 27.3 Å². The van der Waals surface area contributed by atoms with Gasteiger partial charge >= 0.3 is 5.97 Å². The molecule has 1 unspecified atom stereocenters. The van der Waals surface area contributed by atoms with Crippen LogP contribution in [0.2, 0.25) is 0 Å². The van der Waals surface area contributed by atoms with Gasteiger partial charge in [0.1, 0.15) is 5.01 Å². The normalized spacial score (nSPS) is 19.1. The van der Waals surface area contributed by atoms with E-state index in [-0.39, 0.29) is 5.71 Å². The van der Waals surface area contributed by atoms with E-state index in [1.54, 1.807) is 6.20 Å². The molecule has 1 N–H and O–H groups in total. The molecule has 2 heterocycles. The van der Waals surface area contributed by atoms with E-state index in [9.17, 15) is 9.00 Å². The molecule has 2 rings (SSSR count). The Balaban J connectivity index is 2.36. The lowest BCUT2D eigenvalue weighted by Gasteiger charge is -2.10. The number of ether oxygens (including phenoxy) is 1. The second-order valence-electron chi connectivity index (χ2n) is 2.85. The van der Waals surface area contributed by atoms with Gasteiger partial charge in [-0.15, -0.1) is 11.3 Å². The van der Waals surface area contributed by atoms with Crippen molar-refractivity contribution in [1.29, 1.82) is 0 Å². The van der Waals surface area contributed by atoms with Gasteiger partial charge in [-0.3, -0.25) is 4.72 Å². The van der Waals surface area contributed by atoms with Crippen LogP contribution in [0.25, 0.3) is 5.70 Å². The molecule has 9 heteroatoms. The van der Waals surface area contributed by atoms with Crippen LogP contribution in [0.1, 0.15) is 5.01 Å². The minimum Gasteiger partial charge on any atom is -0.464 e. The lowest BCUT2D eigenvalue weighted by molar-refractivity contribution is -0.132. The number of nitrogens with one attached hydrogen (secondary N) is 1. The molecule has 1 atom stereocenters. The molecule has 1 aliphatic heterocycles. The van der Waals surface area contributed by atoms with Crippen molar-refractivity contribution >= 4 is 55.8 Å². The average molecular weight is 336 g/mol. The smallest absolute Gasteiger partial charge is 0.357 e. The maximum Gasteiger partial charge on any atom is 0.357 e. The van der Waals surface area contributed by atoms with Gasteiger partial charge in [0.15, 0.2) is 5.71 Å². The van der Waals surface area contributed by atoms with Crippen molar-refractivity contribution in [2.45, 2.75) is 0 Å². The number of aromatic nitrogens is 1. The van der Waals surface area contributed by atoms with E-state index in [4.69, 9.17) is 0 Å². The van der Waals surface area contributed by atoms with Gasteiger partial charge in [0, 0.05) is 0 Å². The van der Waals surface area contributed by atoms with Crippen molar-refractivity contribution in [1.82, 2.24) is 9.71 Å². The van der Waals surface area contributed by atoms with Gasteiger partial charge in [-0.1, -0.05) is 0 Å². The van der Waals surface area contributed by atoms with E-state index in [2.05, 4.69) is 34.8 Å². The fourth-order valence-electron chi connectivity index (χ4n) is 1.08. The van der Waals surface area contributed by atoms with Crippen LogP contribution in [0, 0.1) is 0 Å². The van der Waals surface area contributed by atoms with Crippen molar-refractivity contribution in [3.05, 3.63) is 21.1 Å². The molecule has 1 aromatic rings. The molecular formula is C8H6BrN3O3S2. The van der Waals surface area contributed by atoms with Gasteiger partial charge in [-0.05, 0) is 22.0 Å². The number of hydrogen-bond acceptors (Lipinski definition) is 5. The molecular weight excluding hydrogens is 330 g/mol. The van der Waals surface area contributed by atoms with E-state index in [1.165, 1.54) is 24.5 Å². The summed E-state index contributed by atoms with van der Waals surface area (Å²) in [6, 6.07) is 0. The predicted molar refractivity (Wildman–Crippen MR) is 68.5 cm³/mol. The molecule has 90 valence electrons. The maximum atomic E-state index is 11.4. The molecule has 0 fully saturated rings. The van der Waals surface area contributed by atoms with E-state index in [1.807, 2.05) is 0 Å². The Morgan fingerprint density at radius 1 is 1.65 bits per heavy atom. The monoisotopic (exact) mass is 335 g/mol. The maximum absolute atomic E-state index is 11.4. The Hall–Kier alpha value is -1.06. The summed E-state index contributed by atoms with van der Waals surface area (Å²) in [7, 11) is 1.24. The molecule has 0 bridgehead atoms. The quantitative estimate of drug-likeness (QED) is 0.819. The minimum atomic E-state index is -1.69. The Labute approximate surface area is 112 Å². The minimum absolute atomic E-state index is 0.00547. The third-order valence-electron chi connectivity index (χ3n) is 1.76. The number of thiazole rings is 1. The number of carbonyl (C=O) groups excluding carboxylic acids is 1. The van der Waals surface area contributed by atoms with Crippen LogP contribution in [-0.4, -0.2) is 28.0 Å². The van der Waals surface area contributed by atoms with Gasteiger partial charge in [0.2, 0.25) is 11.2 Å². The van der Waals surface area contributed by atoms with Crippen LogP contribution < -0.4 is 4.72 Å². The Morgan fingerprint density at radius 3 is 3.00 bits per heavy atom. The number of halogens is 1. The second kappa shape index (κ2) is 5.07. The summed E-state index contributed by atoms with van der Waals surface area (Å²) in [6.07, 6.45) is 3.08.